The van der Waals surface area contributed by atoms with Gasteiger partial charge in [0.2, 0.25) is 0 Å². The van der Waals surface area contributed by atoms with Gasteiger partial charge in [-0.3, -0.25) is 0 Å². The summed E-state index contributed by atoms with van der Waals surface area (Å²) in [5.41, 5.74) is 8.96. The average Bonchev–Trinajstić information content (AvgIpc) is 1.82. The Bertz CT molecular complexity index is 187. The highest BCUT2D eigenvalue weighted by Crippen LogP contribution is 2.12. The lowest BCUT2D eigenvalue weighted by atomic mass is 9.94. The summed E-state index contributed by atoms with van der Waals surface area (Å²) in [6.07, 6.45) is 0.466. The molecule has 74 valence electrons. The SMILES string of the molecule is [B]CCC(N)(N)C(=O)OC(C)(C)C. The van der Waals surface area contributed by atoms with E-state index in [2.05, 4.69) is 0 Å². The highest BCUT2D eigenvalue weighted by molar-refractivity contribution is 6.08. The highest BCUT2D eigenvalue weighted by atomic mass is 16.6. The number of hydrogen-bond acceptors (Lipinski definition) is 4. The molecule has 0 atom stereocenters. The van der Waals surface area contributed by atoms with Crippen LogP contribution in [0.2, 0.25) is 6.32 Å². The van der Waals surface area contributed by atoms with Crippen LogP contribution in [0.3, 0.4) is 0 Å². The molecule has 0 aliphatic heterocycles. The van der Waals surface area contributed by atoms with Crippen molar-refractivity contribution in [3.8, 4) is 0 Å². The maximum absolute atomic E-state index is 11.3. The van der Waals surface area contributed by atoms with Crippen LogP contribution >= 0.6 is 0 Å². The first kappa shape index (κ1) is 12.5. The summed E-state index contributed by atoms with van der Waals surface area (Å²) < 4.78 is 5.01. The number of nitrogens with two attached hydrogens (primary N) is 2. The van der Waals surface area contributed by atoms with Crippen molar-refractivity contribution in [1.29, 1.82) is 0 Å². The summed E-state index contributed by atoms with van der Waals surface area (Å²) >= 11 is 0. The minimum absolute atomic E-state index is 0.210. The number of rotatable bonds is 3. The van der Waals surface area contributed by atoms with Gasteiger partial charge in [-0.05, 0) is 27.2 Å². The Morgan fingerprint density at radius 1 is 1.38 bits per heavy atom. The summed E-state index contributed by atoms with van der Waals surface area (Å²) in [7, 11) is 5.25. The van der Waals surface area contributed by atoms with Crippen LogP contribution < -0.4 is 11.5 Å². The van der Waals surface area contributed by atoms with Gasteiger partial charge in [0, 0.05) is 0 Å². The molecule has 4 N–H and O–H groups in total. The Morgan fingerprint density at radius 2 is 1.85 bits per heavy atom. The summed E-state index contributed by atoms with van der Waals surface area (Å²) in [6.45, 7) is 5.26. The molecular weight excluding hydrogens is 167 g/mol. The fourth-order valence-electron chi connectivity index (χ4n) is 0.714. The van der Waals surface area contributed by atoms with Crippen molar-refractivity contribution in [2.24, 2.45) is 11.5 Å². The van der Waals surface area contributed by atoms with E-state index in [1.807, 2.05) is 0 Å². The van der Waals surface area contributed by atoms with E-state index in [1.165, 1.54) is 0 Å². The van der Waals surface area contributed by atoms with E-state index >= 15 is 0 Å². The molecule has 13 heavy (non-hydrogen) atoms. The normalized spacial score (nSPS) is 12.7. The van der Waals surface area contributed by atoms with E-state index in [1.54, 1.807) is 20.8 Å². The van der Waals surface area contributed by atoms with Gasteiger partial charge >= 0.3 is 5.97 Å². The third-order valence-corrected chi connectivity index (χ3v) is 1.34. The Kier molecular flexibility index (Phi) is 3.94. The molecule has 0 aliphatic carbocycles. The van der Waals surface area contributed by atoms with E-state index in [0.717, 1.165) is 0 Å². The molecule has 0 aromatic heterocycles. The second-order valence-corrected chi connectivity index (χ2v) is 4.08. The maximum Gasteiger partial charge on any atom is 0.341 e. The first-order chi connectivity index (χ1) is 5.69. The van der Waals surface area contributed by atoms with Crippen LogP contribution in [0, 0.1) is 0 Å². The molecule has 0 unspecified atom stereocenters. The summed E-state index contributed by atoms with van der Waals surface area (Å²) in [5, 5.41) is 0. The molecule has 5 heteroatoms. The van der Waals surface area contributed by atoms with Gasteiger partial charge in [-0.15, -0.1) is 0 Å². The fraction of sp³-hybridized carbons (Fsp3) is 0.875. The monoisotopic (exact) mass is 184 g/mol. The smallest absolute Gasteiger partial charge is 0.341 e. The van der Waals surface area contributed by atoms with E-state index in [4.69, 9.17) is 24.1 Å². The van der Waals surface area contributed by atoms with E-state index in [0.29, 0.717) is 0 Å². The van der Waals surface area contributed by atoms with Crippen molar-refractivity contribution < 1.29 is 9.53 Å². The molecule has 0 aliphatic rings. The van der Waals surface area contributed by atoms with Crippen LogP contribution in [0.25, 0.3) is 0 Å². The van der Waals surface area contributed by atoms with Crippen LogP contribution in [-0.2, 0) is 9.53 Å². The van der Waals surface area contributed by atoms with Crippen molar-refractivity contribution >= 4 is 13.8 Å². The zero-order chi connectivity index (χ0) is 10.7. The second-order valence-electron chi connectivity index (χ2n) is 4.08. The van der Waals surface area contributed by atoms with Crippen molar-refractivity contribution in [2.45, 2.75) is 44.8 Å². The molecule has 0 aromatic carbocycles. The molecule has 0 saturated carbocycles. The molecule has 4 nitrogen and oxygen atoms in total. The summed E-state index contributed by atoms with van der Waals surface area (Å²) in [5.74, 6) is -0.620. The first-order valence-electron chi connectivity index (χ1n) is 4.20. The van der Waals surface area contributed by atoms with Crippen LogP contribution in [0.4, 0.5) is 0 Å². The maximum atomic E-state index is 11.3. The van der Waals surface area contributed by atoms with E-state index in [9.17, 15) is 4.79 Å². The Morgan fingerprint density at radius 3 is 2.15 bits per heavy atom. The molecule has 0 saturated heterocycles. The molecule has 0 spiro atoms. The Hall–Kier alpha value is -0.545. The van der Waals surface area contributed by atoms with Crippen molar-refractivity contribution in [2.75, 3.05) is 0 Å². The molecule has 2 radical (unpaired) electrons. The third kappa shape index (κ3) is 4.90. The molecule has 0 fully saturated rings. The predicted octanol–water partition coefficient (Wildman–Crippen LogP) is -0.0813. The standard InChI is InChI=1S/C8H17BN2O2/c1-7(2,3)13-6(12)8(10,11)4-5-9/h4-5,10-11H2,1-3H3. The molecule has 0 rings (SSSR count). The average molecular weight is 184 g/mol. The second kappa shape index (κ2) is 4.11. The van der Waals surface area contributed by atoms with E-state index in [-0.39, 0.29) is 12.7 Å². The van der Waals surface area contributed by atoms with Gasteiger partial charge in [0.25, 0.3) is 0 Å². The van der Waals surface area contributed by atoms with Gasteiger partial charge in [-0.25, -0.2) is 4.79 Å². The largest absolute Gasteiger partial charge is 0.458 e. The van der Waals surface area contributed by atoms with Crippen LogP contribution in [0.1, 0.15) is 27.2 Å². The van der Waals surface area contributed by atoms with Gasteiger partial charge in [0.15, 0.2) is 5.66 Å². The molecule has 0 heterocycles. The highest BCUT2D eigenvalue weighted by Gasteiger charge is 2.32. The number of hydrogen-bond donors (Lipinski definition) is 2. The van der Waals surface area contributed by atoms with Crippen molar-refractivity contribution in [1.82, 2.24) is 0 Å². The van der Waals surface area contributed by atoms with Crippen LogP contribution in [-0.4, -0.2) is 25.1 Å². The number of ether oxygens (including phenoxy) is 1. The predicted molar refractivity (Wildman–Crippen MR) is 52.1 cm³/mol. The number of carbonyl (C=O) groups excluding carboxylic acids is 1. The van der Waals surface area contributed by atoms with Gasteiger partial charge in [-0.1, -0.05) is 6.32 Å². The lowest BCUT2D eigenvalue weighted by Gasteiger charge is -2.27. The zero-order valence-corrected chi connectivity index (χ0v) is 8.46. The first-order valence-corrected chi connectivity index (χ1v) is 4.20. The van der Waals surface area contributed by atoms with Gasteiger partial charge in [-0.2, -0.15) is 0 Å². The quantitative estimate of drug-likeness (QED) is 0.365. The lowest BCUT2D eigenvalue weighted by Crippen LogP contribution is -2.58. The van der Waals surface area contributed by atoms with E-state index < -0.39 is 17.2 Å². The lowest BCUT2D eigenvalue weighted by molar-refractivity contribution is -0.161. The molecule has 0 aromatic rings. The number of carbonyl (C=O) groups is 1. The summed E-state index contributed by atoms with van der Waals surface area (Å²) in [4.78, 5) is 11.3. The minimum Gasteiger partial charge on any atom is -0.458 e. The Labute approximate surface area is 80.4 Å². The van der Waals surface area contributed by atoms with Gasteiger partial charge < -0.3 is 16.2 Å². The zero-order valence-electron chi connectivity index (χ0n) is 8.46. The van der Waals surface area contributed by atoms with Crippen LogP contribution in [0.15, 0.2) is 0 Å². The van der Waals surface area contributed by atoms with Crippen molar-refractivity contribution in [3.63, 3.8) is 0 Å². The molecular formula is C8H17BN2O2. The topological polar surface area (TPSA) is 78.3 Å². The van der Waals surface area contributed by atoms with Gasteiger partial charge in [0.1, 0.15) is 5.60 Å². The summed E-state index contributed by atoms with van der Waals surface area (Å²) in [6, 6.07) is 0. The minimum atomic E-state index is -1.47. The fourth-order valence-corrected chi connectivity index (χ4v) is 0.714. The molecule has 0 amide bonds. The van der Waals surface area contributed by atoms with Crippen LogP contribution in [0.5, 0.6) is 0 Å². The number of esters is 1. The van der Waals surface area contributed by atoms with Gasteiger partial charge in [0.05, 0.1) is 7.85 Å². The molecule has 0 bridgehead atoms. The Balaban J connectivity index is 4.25. The third-order valence-electron chi connectivity index (χ3n) is 1.34. The van der Waals surface area contributed by atoms with Crippen molar-refractivity contribution in [3.05, 3.63) is 0 Å².